The molecule has 1 heterocycles. The Balaban J connectivity index is 2.04. The lowest BCUT2D eigenvalue weighted by atomic mass is 10.2. The Morgan fingerprint density at radius 3 is 2.48 bits per heavy atom. The van der Waals surface area contributed by atoms with Gasteiger partial charge >= 0.3 is 5.69 Å². The van der Waals surface area contributed by atoms with Gasteiger partial charge in [-0.25, -0.2) is 15.3 Å². The highest BCUT2D eigenvalue weighted by atomic mass is 16.5. The second-order valence-corrected chi connectivity index (χ2v) is 5.23. The molecule has 12 nitrogen and oxygen atoms in total. The summed E-state index contributed by atoms with van der Waals surface area (Å²) < 4.78 is 10.1. The maximum atomic E-state index is 12.0. The van der Waals surface area contributed by atoms with Crippen LogP contribution in [0.2, 0.25) is 0 Å². The van der Waals surface area contributed by atoms with Crippen molar-refractivity contribution in [2.75, 3.05) is 19.5 Å². The van der Waals surface area contributed by atoms with Gasteiger partial charge in [0.05, 0.1) is 20.4 Å². The summed E-state index contributed by atoms with van der Waals surface area (Å²) in [5, 5.41) is 21.8. The number of nitrogens with one attached hydrogen (secondary N) is 4. The lowest BCUT2D eigenvalue weighted by Gasteiger charge is -2.11. The molecule has 1 atom stereocenters. The Labute approximate surface area is 152 Å². The number of phenolic OH excluding ortho intramolecular Hbond substituents is 1. The highest BCUT2D eigenvalue weighted by molar-refractivity contribution is 5.87. The number of benzene rings is 1. The van der Waals surface area contributed by atoms with E-state index in [2.05, 4.69) is 20.9 Å². The first kappa shape index (κ1) is 19.5. The summed E-state index contributed by atoms with van der Waals surface area (Å²) >= 11 is 0. The van der Waals surface area contributed by atoms with Crippen LogP contribution in [0.15, 0.2) is 26.8 Å². The maximum Gasteiger partial charge on any atom is 0.342 e. The predicted octanol–water partition coefficient (Wildman–Crippen LogP) is -0.868. The number of ether oxygens (including phenoxy) is 2. The van der Waals surface area contributed by atoms with Gasteiger partial charge in [-0.05, 0) is 19.1 Å². The van der Waals surface area contributed by atoms with E-state index in [4.69, 9.17) is 9.47 Å². The molecular weight excluding hydrogens is 360 g/mol. The molecule has 1 aromatic heterocycles. The van der Waals surface area contributed by atoms with Crippen molar-refractivity contribution < 1.29 is 19.4 Å². The third-order valence-electron chi connectivity index (χ3n) is 3.35. The fourth-order valence-corrected chi connectivity index (χ4v) is 1.97. The van der Waals surface area contributed by atoms with Gasteiger partial charge in [0.25, 0.3) is 11.5 Å². The number of aromatic amines is 2. The first-order valence-electron chi connectivity index (χ1n) is 7.59. The molecule has 0 unspecified atom stereocenters. The summed E-state index contributed by atoms with van der Waals surface area (Å²) in [6.45, 7) is 1.48. The normalized spacial score (nSPS) is 11.8. The number of H-pyrrole nitrogens is 2. The van der Waals surface area contributed by atoms with E-state index in [1.54, 1.807) is 0 Å². The SMILES string of the molecule is COc1cc(/C=N/NC(=O)[C@H](C)Nc2n[nH]c(=O)[nH]c2=O)cc(OC)c1O. The summed E-state index contributed by atoms with van der Waals surface area (Å²) in [5.41, 5.74) is 1.27. The minimum Gasteiger partial charge on any atom is -0.502 e. The zero-order valence-corrected chi connectivity index (χ0v) is 14.7. The van der Waals surface area contributed by atoms with E-state index < -0.39 is 23.2 Å². The largest absolute Gasteiger partial charge is 0.502 e. The molecule has 0 fully saturated rings. The average Bonchev–Trinajstić information content (AvgIpc) is 2.64. The molecule has 2 rings (SSSR count). The van der Waals surface area contributed by atoms with Gasteiger partial charge in [-0.3, -0.25) is 14.6 Å². The van der Waals surface area contributed by atoms with E-state index in [1.165, 1.54) is 39.5 Å². The Bertz CT molecular complexity index is 941. The number of methoxy groups -OCH3 is 2. The van der Waals surface area contributed by atoms with Crippen molar-refractivity contribution in [3.8, 4) is 17.2 Å². The van der Waals surface area contributed by atoms with Crippen LogP contribution in [-0.4, -0.2) is 52.7 Å². The van der Waals surface area contributed by atoms with Crippen LogP contribution in [-0.2, 0) is 4.79 Å². The minimum absolute atomic E-state index is 0.155. The van der Waals surface area contributed by atoms with Crippen molar-refractivity contribution in [1.82, 2.24) is 20.6 Å². The lowest BCUT2D eigenvalue weighted by molar-refractivity contribution is -0.121. The van der Waals surface area contributed by atoms with Gasteiger partial charge in [-0.15, -0.1) is 5.10 Å². The fourth-order valence-electron chi connectivity index (χ4n) is 1.97. The number of hydrogen-bond acceptors (Lipinski definition) is 9. The number of aromatic nitrogens is 3. The summed E-state index contributed by atoms with van der Waals surface area (Å²) in [5.74, 6) is -0.565. The van der Waals surface area contributed by atoms with Crippen molar-refractivity contribution in [1.29, 1.82) is 0 Å². The summed E-state index contributed by atoms with van der Waals surface area (Å²) in [6.07, 6.45) is 1.32. The van der Waals surface area contributed by atoms with Crippen LogP contribution in [0.3, 0.4) is 0 Å². The number of hydrazone groups is 1. The van der Waals surface area contributed by atoms with Gasteiger partial charge in [0.2, 0.25) is 11.6 Å². The third kappa shape index (κ3) is 4.84. The molecule has 144 valence electrons. The molecule has 0 aliphatic heterocycles. The maximum absolute atomic E-state index is 12.0. The van der Waals surface area contributed by atoms with Crippen molar-refractivity contribution in [2.45, 2.75) is 13.0 Å². The number of amides is 1. The van der Waals surface area contributed by atoms with Crippen LogP contribution in [0.1, 0.15) is 12.5 Å². The van der Waals surface area contributed by atoms with Crippen LogP contribution in [0, 0.1) is 0 Å². The molecule has 27 heavy (non-hydrogen) atoms. The van der Waals surface area contributed by atoms with Gasteiger partial charge in [0, 0.05) is 5.56 Å². The van der Waals surface area contributed by atoms with Crippen LogP contribution < -0.4 is 31.5 Å². The molecule has 0 spiro atoms. The smallest absolute Gasteiger partial charge is 0.342 e. The minimum atomic E-state index is -0.870. The molecular formula is C15H18N6O6. The number of hydrogen-bond donors (Lipinski definition) is 5. The Morgan fingerprint density at radius 1 is 1.30 bits per heavy atom. The molecule has 5 N–H and O–H groups in total. The van der Waals surface area contributed by atoms with E-state index in [-0.39, 0.29) is 23.1 Å². The Morgan fingerprint density at radius 2 is 1.93 bits per heavy atom. The van der Waals surface area contributed by atoms with Crippen LogP contribution in [0.5, 0.6) is 17.2 Å². The summed E-state index contributed by atoms with van der Waals surface area (Å²) in [4.78, 5) is 36.5. The first-order chi connectivity index (χ1) is 12.8. The van der Waals surface area contributed by atoms with Gasteiger partial charge in [0.1, 0.15) is 6.04 Å². The quantitative estimate of drug-likeness (QED) is 0.306. The second kappa shape index (κ2) is 8.51. The second-order valence-electron chi connectivity index (χ2n) is 5.23. The molecule has 0 radical (unpaired) electrons. The number of nitrogens with zero attached hydrogens (tertiary/aromatic N) is 2. The van der Waals surface area contributed by atoms with Gasteiger partial charge in [-0.1, -0.05) is 0 Å². The number of rotatable bonds is 7. The predicted molar refractivity (Wildman–Crippen MR) is 95.5 cm³/mol. The van der Waals surface area contributed by atoms with E-state index >= 15 is 0 Å². The van der Waals surface area contributed by atoms with Crippen LogP contribution in [0.4, 0.5) is 5.82 Å². The number of anilines is 1. The molecule has 2 aromatic rings. The van der Waals surface area contributed by atoms with E-state index in [9.17, 15) is 19.5 Å². The number of carbonyl (C=O) groups is 1. The van der Waals surface area contributed by atoms with Gasteiger partial charge in [-0.2, -0.15) is 5.10 Å². The van der Waals surface area contributed by atoms with Crippen molar-refractivity contribution >= 4 is 17.9 Å². The highest BCUT2D eigenvalue weighted by Crippen LogP contribution is 2.36. The zero-order chi connectivity index (χ0) is 20.0. The number of phenols is 1. The highest BCUT2D eigenvalue weighted by Gasteiger charge is 2.15. The van der Waals surface area contributed by atoms with Gasteiger partial charge in [0.15, 0.2) is 11.5 Å². The average molecular weight is 378 g/mol. The van der Waals surface area contributed by atoms with Crippen LogP contribution >= 0.6 is 0 Å². The number of carbonyl (C=O) groups excluding carboxylic acids is 1. The van der Waals surface area contributed by atoms with Crippen molar-refractivity contribution in [3.63, 3.8) is 0 Å². The molecule has 0 bridgehead atoms. The third-order valence-corrected chi connectivity index (χ3v) is 3.35. The summed E-state index contributed by atoms with van der Waals surface area (Å²) in [6, 6.07) is 2.13. The molecule has 1 aromatic carbocycles. The van der Waals surface area contributed by atoms with E-state index in [1.807, 2.05) is 10.1 Å². The molecule has 0 aliphatic rings. The fraction of sp³-hybridized carbons (Fsp3) is 0.267. The molecule has 12 heteroatoms. The molecule has 0 saturated carbocycles. The molecule has 0 saturated heterocycles. The summed E-state index contributed by atoms with van der Waals surface area (Å²) in [7, 11) is 2.77. The molecule has 0 aliphatic carbocycles. The zero-order valence-electron chi connectivity index (χ0n) is 14.7. The standard InChI is InChI=1S/C15H18N6O6/c1-7(17-12-14(24)18-15(25)21-19-12)13(23)20-16-6-8-4-9(26-2)11(22)10(5-8)27-3/h4-7,22H,1-3H3,(H,17,19)(H,20,23)(H2,18,21,24,25)/b16-6+/t7-/m0/s1. The van der Waals surface area contributed by atoms with Crippen molar-refractivity contribution in [3.05, 3.63) is 38.5 Å². The Hall–Kier alpha value is -3.83. The topological polar surface area (TPSA) is 171 Å². The number of aromatic hydroxyl groups is 1. The van der Waals surface area contributed by atoms with E-state index in [0.29, 0.717) is 5.56 Å². The van der Waals surface area contributed by atoms with Crippen molar-refractivity contribution in [2.24, 2.45) is 5.10 Å². The monoisotopic (exact) mass is 378 g/mol. The first-order valence-corrected chi connectivity index (χ1v) is 7.59. The van der Waals surface area contributed by atoms with E-state index in [0.717, 1.165) is 0 Å². The Kier molecular flexibility index (Phi) is 6.14. The van der Waals surface area contributed by atoms with Gasteiger partial charge < -0.3 is 19.9 Å². The van der Waals surface area contributed by atoms with Crippen LogP contribution in [0.25, 0.3) is 0 Å². The molecule has 1 amide bonds. The lowest BCUT2D eigenvalue weighted by Crippen LogP contribution is -2.38.